The van der Waals surface area contributed by atoms with E-state index in [9.17, 15) is 48.6 Å². The Balaban J connectivity index is 0.000000540. The van der Waals surface area contributed by atoms with Crippen LogP contribution in [0.1, 0.15) is 179 Å². The summed E-state index contributed by atoms with van der Waals surface area (Å²) in [5.74, 6) is -4.51. The van der Waals surface area contributed by atoms with Crippen molar-refractivity contribution >= 4 is 64.4 Å². The summed E-state index contributed by atoms with van der Waals surface area (Å²) in [6.07, 6.45) is 0.290. The molecule has 0 spiro atoms. The molecule has 4 aliphatic rings. The molecule has 3 N–H and O–H groups in total. The van der Waals surface area contributed by atoms with Crippen molar-refractivity contribution in [1.29, 1.82) is 0 Å². The molecule has 604 valence electrons. The van der Waals surface area contributed by atoms with Gasteiger partial charge in [-0.15, -0.1) is 0 Å². The molecule has 27 nitrogen and oxygen atoms in total. The highest BCUT2D eigenvalue weighted by Crippen LogP contribution is 2.43. The third-order valence-corrected chi connectivity index (χ3v) is 28.1. The first kappa shape index (κ1) is 94.0. The highest BCUT2D eigenvalue weighted by Gasteiger charge is 2.51. The maximum absolute atomic E-state index is 13.1. The minimum absolute atomic E-state index is 0.0487. The third-order valence-electron chi connectivity index (χ3n) is 19.2. The van der Waals surface area contributed by atoms with Gasteiger partial charge < -0.3 is 52.8 Å². The lowest BCUT2D eigenvalue weighted by atomic mass is 10.0. The van der Waals surface area contributed by atoms with Crippen molar-refractivity contribution in [3.8, 4) is 0 Å². The van der Waals surface area contributed by atoms with Crippen molar-refractivity contribution in [2.45, 2.75) is 279 Å². The van der Waals surface area contributed by atoms with E-state index < -0.39 is 80.2 Å². The molecule has 4 fully saturated rings. The van der Waals surface area contributed by atoms with Crippen molar-refractivity contribution in [1.82, 2.24) is 44.5 Å². The molecule has 4 rings (SSSR count). The maximum Gasteiger partial charge on any atom is 0.323 e. The first-order chi connectivity index (χ1) is 47.1. The van der Waals surface area contributed by atoms with Gasteiger partial charge in [-0.2, -0.15) is 0 Å². The fraction of sp³-hybridized carbons (Fsp3) is 0.893. The molecule has 1 saturated carbocycles. The predicted octanol–water partition coefficient (Wildman–Crippen LogP) is 7.54. The smallest absolute Gasteiger partial charge is 0.323 e. The number of rotatable bonds is 20. The lowest BCUT2D eigenvalue weighted by Gasteiger charge is -2.43. The van der Waals surface area contributed by atoms with Gasteiger partial charge in [0.05, 0.1) is 57.4 Å². The molecular weight excluding hydrogens is 1370 g/mol. The van der Waals surface area contributed by atoms with E-state index in [4.69, 9.17) is 37.3 Å². The molecule has 3 saturated heterocycles. The van der Waals surface area contributed by atoms with Crippen molar-refractivity contribution < 1.29 is 85.8 Å². The Morgan fingerprint density at radius 2 is 0.587 bits per heavy atom. The summed E-state index contributed by atoms with van der Waals surface area (Å²) in [6, 6.07) is -1.53. The average molecular weight is 1520 g/mol. The molecule has 0 aromatic carbocycles. The van der Waals surface area contributed by atoms with E-state index in [0.717, 1.165) is 0 Å². The van der Waals surface area contributed by atoms with E-state index >= 15 is 0 Å². The summed E-state index contributed by atoms with van der Waals surface area (Å²) in [5.41, 5.74) is -3.87. The van der Waals surface area contributed by atoms with Gasteiger partial charge in [0, 0.05) is 123 Å². The Morgan fingerprint density at radius 3 is 0.817 bits per heavy atom. The zero-order valence-corrected chi connectivity index (χ0v) is 71.6. The summed E-state index contributed by atoms with van der Waals surface area (Å²) in [7, 11) is -4.64. The summed E-state index contributed by atoms with van der Waals surface area (Å²) in [4.78, 5) is 120. The predicted molar refractivity (Wildman–Crippen MR) is 408 cm³/mol. The minimum Gasteiger partial charge on any atom is -0.481 e. The van der Waals surface area contributed by atoms with Crippen LogP contribution in [-0.2, 0) is 75.6 Å². The summed E-state index contributed by atoms with van der Waals surface area (Å²) in [6.45, 7) is 62.9. The lowest BCUT2D eigenvalue weighted by molar-refractivity contribution is -0.158. The van der Waals surface area contributed by atoms with E-state index in [1.165, 1.54) is 0 Å². The average Bonchev–Trinajstić information content (AvgIpc) is 1.60. The number of ether oxygens (including phenoxy) is 6. The first-order valence-corrected chi connectivity index (χ1v) is 43.6. The standard InChI is InChI=1S/C38H72N4O9Si.C37H71N5O9Si/c1-35(2,3)48-30(43)25-39-17-19-40(26-31(44)49-36(4,5)6)21-23-42(24-22-41(20-18-39)27-32(45)50-37(7,8)9)33-28(34(46)47)15-16-29(33)51-52(13,14)38(10,11)12;1-34(2,3)48-28(43)24-39-15-17-40(25-29(44)49-35(4,5)6)19-21-42(22-20-41(18-16-39)26-30(45)50-36(7,8)9)27-23-38-31(33(46)47)32(27)51-52(13,14)37(10,11)12/h28-29,33H,15-27H2,1-14H3,(H,46,47);27,31-32,38H,15-26H2,1-14H3,(H,46,47)/t28-,29-,33-;27-,31+,32+/m01/s1. The Labute approximate surface area is 627 Å². The van der Waals surface area contributed by atoms with Gasteiger partial charge in [-0.25, -0.2) is 0 Å². The zero-order valence-electron chi connectivity index (χ0n) is 69.6. The van der Waals surface area contributed by atoms with Gasteiger partial charge in [-0.1, -0.05) is 41.5 Å². The second-order valence-electron chi connectivity index (χ2n) is 37.8. The summed E-state index contributed by atoms with van der Waals surface area (Å²) < 4.78 is 47.9. The molecule has 0 amide bonds. The van der Waals surface area contributed by atoms with Gasteiger partial charge in [-0.05, 0) is 174 Å². The van der Waals surface area contributed by atoms with Crippen molar-refractivity contribution in [2.24, 2.45) is 5.92 Å². The topological polar surface area (TPSA) is 289 Å². The van der Waals surface area contributed by atoms with Crippen LogP contribution >= 0.6 is 0 Å². The number of carboxylic acids is 2. The zero-order chi connectivity index (χ0) is 79.7. The van der Waals surface area contributed by atoms with Crippen LogP contribution in [-0.4, -0.2) is 328 Å². The molecule has 0 unspecified atom stereocenters. The monoisotopic (exact) mass is 1510 g/mol. The van der Waals surface area contributed by atoms with E-state index in [1.807, 2.05) is 154 Å². The molecule has 29 heteroatoms. The summed E-state index contributed by atoms with van der Waals surface area (Å²) >= 11 is 0. The number of hydrogen-bond donors (Lipinski definition) is 3. The van der Waals surface area contributed by atoms with Crippen LogP contribution in [0, 0.1) is 5.92 Å². The molecule has 1 aliphatic carbocycles. The van der Waals surface area contributed by atoms with Gasteiger partial charge >= 0.3 is 47.8 Å². The number of carbonyl (C=O) groups excluding carboxylic acids is 6. The van der Waals surface area contributed by atoms with E-state index in [1.54, 1.807) is 0 Å². The number of aliphatic carboxylic acids is 2. The second kappa shape index (κ2) is 38.9. The second-order valence-corrected chi connectivity index (χ2v) is 47.3. The Bertz CT molecular complexity index is 2680. The number of nitrogens with zero attached hydrogens (tertiary/aromatic N) is 8. The molecule has 0 aromatic rings. The van der Waals surface area contributed by atoms with Gasteiger partial charge in [0.1, 0.15) is 39.6 Å². The lowest BCUT2D eigenvalue weighted by Crippen LogP contribution is -2.57. The SMILES string of the molecule is CC(C)(C)OC(=O)CN1CCN(CC(=O)OC(C)(C)C)CCN([C@@H]2CN[C@H](C(=O)O)[C@H]2O[Si](C)(C)C(C)(C)C)CCN(CC(=O)OC(C)(C)C)CC1.CC(C)(C)OC(=O)CN1CCN(CC(=O)OC(C)(C)C)CCN([C@@H]2[C@@H](O[Si](C)(C)C(C)(C)C)CC[C@@H]2C(=O)O)CCN(CC(=O)OC(C)(C)C)CC1. The molecule has 3 aliphatic heterocycles. The van der Waals surface area contributed by atoms with Crippen LogP contribution in [0.3, 0.4) is 0 Å². The number of esters is 6. The van der Waals surface area contributed by atoms with Crippen LogP contribution in [0.2, 0.25) is 36.3 Å². The van der Waals surface area contributed by atoms with Crippen LogP contribution in [0.15, 0.2) is 0 Å². The molecule has 0 bridgehead atoms. The maximum atomic E-state index is 13.1. The summed E-state index contributed by atoms with van der Waals surface area (Å²) in [5, 5.41) is 23.8. The van der Waals surface area contributed by atoms with Gasteiger partial charge in [-0.3, -0.25) is 77.6 Å². The Hall–Kier alpha value is -4.25. The van der Waals surface area contributed by atoms with Crippen LogP contribution in [0.5, 0.6) is 0 Å². The normalized spacial score (nSPS) is 23.4. The number of hydrogen-bond acceptors (Lipinski definition) is 25. The molecule has 104 heavy (non-hydrogen) atoms. The van der Waals surface area contributed by atoms with Gasteiger partial charge in [0.15, 0.2) is 16.6 Å². The van der Waals surface area contributed by atoms with Crippen molar-refractivity contribution in [3.63, 3.8) is 0 Å². The molecule has 0 aromatic heterocycles. The number of nitrogens with one attached hydrogen (secondary N) is 1. The van der Waals surface area contributed by atoms with E-state index in [-0.39, 0.29) is 103 Å². The first-order valence-electron chi connectivity index (χ1n) is 37.8. The molecule has 0 radical (unpaired) electrons. The van der Waals surface area contributed by atoms with Crippen LogP contribution in [0.25, 0.3) is 0 Å². The highest BCUT2D eigenvalue weighted by molar-refractivity contribution is 6.74. The largest absolute Gasteiger partial charge is 0.481 e. The number of carboxylic acid groups (broad SMARTS) is 2. The fourth-order valence-electron chi connectivity index (χ4n) is 12.3. The third kappa shape index (κ3) is 35.9. The van der Waals surface area contributed by atoms with Crippen LogP contribution < -0.4 is 5.32 Å². The quantitative estimate of drug-likeness (QED) is 0.0603. The highest BCUT2D eigenvalue weighted by atomic mass is 28.4. The van der Waals surface area contributed by atoms with Crippen LogP contribution in [0.4, 0.5) is 0 Å². The molecule has 6 atom stereocenters. The Kier molecular flexibility index (Phi) is 35.1. The van der Waals surface area contributed by atoms with Gasteiger partial charge in [0.2, 0.25) is 0 Å². The van der Waals surface area contributed by atoms with E-state index in [0.29, 0.717) is 124 Å². The Morgan fingerprint density at radius 1 is 0.346 bits per heavy atom. The molecule has 3 heterocycles. The molecular formula is C75H143N9O18Si2. The van der Waals surface area contributed by atoms with Gasteiger partial charge in [0.25, 0.3) is 0 Å². The van der Waals surface area contributed by atoms with Crippen molar-refractivity contribution in [2.75, 3.05) is 151 Å². The van der Waals surface area contributed by atoms with Crippen molar-refractivity contribution in [3.05, 3.63) is 0 Å². The fourth-order valence-corrected chi connectivity index (χ4v) is 15.0. The number of carbonyl (C=O) groups is 8. The van der Waals surface area contributed by atoms with E-state index in [2.05, 4.69) is 82.8 Å². The minimum atomic E-state index is -2.39.